The van der Waals surface area contributed by atoms with Crippen molar-refractivity contribution in [2.75, 3.05) is 0 Å². The zero-order valence-corrected chi connectivity index (χ0v) is 11.4. The van der Waals surface area contributed by atoms with Crippen LogP contribution in [0.3, 0.4) is 0 Å². The second-order valence-electron chi connectivity index (χ2n) is 5.73. The summed E-state index contributed by atoms with van der Waals surface area (Å²) in [5, 5.41) is 4.30. The van der Waals surface area contributed by atoms with Gasteiger partial charge in [-0.05, 0) is 33.8 Å². The summed E-state index contributed by atoms with van der Waals surface area (Å²) < 4.78 is 0. The normalized spacial score (nSPS) is 13.8. The Kier molecular flexibility index (Phi) is 3.26. The predicted octanol–water partition coefficient (Wildman–Crippen LogP) is 3.13. The van der Waals surface area contributed by atoms with Crippen LogP contribution in [0.1, 0.15) is 38.1 Å². The van der Waals surface area contributed by atoms with E-state index in [1.807, 2.05) is 31.2 Å². The van der Waals surface area contributed by atoms with Crippen LogP contribution in [-0.4, -0.2) is 22.3 Å². The van der Waals surface area contributed by atoms with Crippen LogP contribution in [0.4, 0.5) is 0 Å². The highest BCUT2D eigenvalue weighted by Gasteiger charge is 2.22. The van der Waals surface area contributed by atoms with E-state index in [1.165, 1.54) is 0 Å². The Balaban J connectivity index is 2.29. The van der Waals surface area contributed by atoms with Gasteiger partial charge < -0.3 is 10.3 Å². The molecule has 1 heterocycles. The van der Waals surface area contributed by atoms with Gasteiger partial charge in [0.05, 0.1) is 6.04 Å². The summed E-state index contributed by atoms with van der Waals surface area (Å²) in [6.45, 7) is 8.10. The minimum Gasteiger partial charge on any atom is -0.360 e. The minimum atomic E-state index is -0.191. The quantitative estimate of drug-likeness (QED) is 0.815. The Morgan fingerprint density at radius 3 is 2.61 bits per heavy atom. The average Bonchev–Trinajstić information content (AvgIpc) is 2.69. The molecule has 2 aromatic rings. The molecule has 1 unspecified atom stereocenters. The van der Waals surface area contributed by atoms with Crippen LogP contribution in [0.5, 0.6) is 0 Å². The van der Waals surface area contributed by atoms with E-state index in [2.05, 4.69) is 31.1 Å². The first-order chi connectivity index (χ1) is 8.38. The van der Waals surface area contributed by atoms with Gasteiger partial charge in [0.1, 0.15) is 0 Å². The lowest BCUT2D eigenvalue weighted by atomic mass is 10.0. The minimum absolute atomic E-state index is 0.0683. The third kappa shape index (κ3) is 2.62. The predicted molar refractivity (Wildman–Crippen MR) is 75.0 cm³/mol. The number of para-hydroxylation sites is 1. The van der Waals surface area contributed by atoms with E-state index in [-0.39, 0.29) is 17.4 Å². The van der Waals surface area contributed by atoms with Gasteiger partial charge in [-0.25, -0.2) is 0 Å². The summed E-state index contributed by atoms with van der Waals surface area (Å²) >= 11 is 0. The molecular weight excluding hydrogens is 224 g/mol. The SMILES string of the molecule is CC(NC(C)(C)C)C(=O)c1c[nH]c2ccccc12. The molecule has 96 valence electrons. The maximum Gasteiger partial charge on any atom is 0.181 e. The van der Waals surface area contributed by atoms with Crippen molar-refractivity contribution in [2.24, 2.45) is 0 Å². The third-order valence-corrected chi connectivity index (χ3v) is 2.90. The highest BCUT2D eigenvalue weighted by atomic mass is 16.1. The molecule has 2 N–H and O–H groups in total. The van der Waals surface area contributed by atoms with Gasteiger partial charge in [-0.15, -0.1) is 0 Å². The number of nitrogens with one attached hydrogen (secondary N) is 2. The second kappa shape index (κ2) is 4.58. The first-order valence-corrected chi connectivity index (χ1v) is 6.26. The Labute approximate surface area is 108 Å². The molecule has 3 heteroatoms. The lowest BCUT2D eigenvalue weighted by Crippen LogP contribution is -2.46. The molecule has 1 atom stereocenters. The van der Waals surface area contributed by atoms with E-state index < -0.39 is 0 Å². The third-order valence-electron chi connectivity index (χ3n) is 2.90. The molecule has 0 saturated carbocycles. The second-order valence-corrected chi connectivity index (χ2v) is 5.73. The topological polar surface area (TPSA) is 44.9 Å². The molecule has 0 fully saturated rings. The van der Waals surface area contributed by atoms with E-state index in [4.69, 9.17) is 0 Å². The number of aromatic nitrogens is 1. The molecule has 3 nitrogen and oxygen atoms in total. The van der Waals surface area contributed by atoms with Gasteiger partial charge in [-0.1, -0.05) is 18.2 Å². The molecule has 2 rings (SSSR count). The first-order valence-electron chi connectivity index (χ1n) is 6.26. The van der Waals surface area contributed by atoms with Gasteiger partial charge in [-0.3, -0.25) is 4.79 Å². The Hall–Kier alpha value is -1.61. The van der Waals surface area contributed by atoms with Crippen molar-refractivity contribution >= 4 is 16.7 Å². The summed E-state index contributed by atoms with van der Waals surface area (Å²) in [5.74, 6) is 0.127. The lowest BCUT2D eigenvalue weighted by molar-refractivity contribution is 0.0937. The molecule has 0 amide bonds. The van der Waals surface area contributed by atoms with Crippen molar-refractivity contribution in [3.05, 3.63) is 36.0 Å². The number of aromatic amines is 1. The zero-order chi connectivity index (χ0) is 13.3. The monoisotopic (exact) mass is 244 g/mol. The average molecular weight is 244 g/mol. The summed E-state index contributed by atoms with van der Waals surface area (Å²) in [6.07, 6.45) is 1.80. The maximum absolute atomic E-state index is 12.4. The van der Waals surface area contributed by atoms with E-state index in [9.17, 15) is 4.79 Å². The summed E-state index contributed by atoms with van der Waals surface area (Å²) in [5.41, 5.74) is 1.69. The molecule has 0 aliphatic carbocycles. The Morgan fingerprint density at radius 2 is 1.94 bits per heavy atom. The number of Topliss-reactive ketones (excluding diaryl/α,β-unsaturated/α-hetero) is 1. The number of H-pyrrole nitrogens is 1. The summed E-state index contributed by atoms with van der Waals surface area (Å²) in [6, 6.07) is 7.68. The molecule has 18 heavy (non-hydrogen) atoms. The number of hydrogen-bond acceptors (Lipinski definition) is 2. The maximum atomic E-state index is 12.4. The summed E-state index contributed by atoms with van der Waals surface area (Å²) in [7, 11) is 0. The molecule has 0 bridgehead atoms. The number of benzene rings is 1. The number of fused-ring (bicyclic) bond motifs is 1. The standard InChI is InChI=1S/C15H20N2O/c1-10(17-15(2,3)4)14(18)12-9-16-13-8-6-5-7-11(12)13/h5-10,16-17H,1-4H3. The van der Waals surface area contributed by atoms with Crippen molar-refractivity contribution in [1.29, 1.82) is 0 Å². The van der Waals surface area contributed by atoms with E-state index >= 15 is 0 Å². The Morgan fingerprint density at radius 1 is 1.28 bits per heavy atom. The highest BCUT2D eigenvalue weighted by Crippen LogP contribution is 2.19. The number of hydrogen-bond donors (Lipinski definition) is 2. The summed E-state index contributed by atoms with van der Waals surface area (Å²) in [4.78, 5) is 15.6. The van der Waals surface area contributed by atoms with Crippen LogP contribution in [0.25, 0.3) is 10.9 Å². The van der Waals surface area contributed by atoms with Gasteiger partial charge in [0.25, 0.3) is 0 Å². The van der Waals surface area contributed by atoms with Crippen molar-refractivity contribution in [2.45, 2.75) is 39.3 Å². The van der Waals surface area contributed by atoms with Crippen molar-refractivity contribution in [3.63, 3.8) is 0 Å². The van der Waals surface area contributed by atoms with Gasteiger partial charge in [0, 0.05) is 28.2 Å². The van der Waals surface area contributed by atoms with Gasteiger partial charge in [0.15, 0.2) is 5.78 Å². The molecule has 0 aliphatic rings. The molecule has 0 saturated heterocycles. The lowest BCUT2D eigenvalue weighted by Gasteiger charge is -2.25. The van der Waals surface area contributed by atoms with Crippen molar-refractivity contribution < 1.29 is 4.79 Å². The van der Waals surface area contributed by atoms with E-state index in [0.717, 1.165) is 16.5 Å². The fraction of sp³-hybridized carbons (Fsp3) is 0.400. The highest BCUT2D eigenvalue weighted by molar-refractivity contribution is 6.10. The molecule has 1 aromatic carbocycles. The number of ketones is 1. The fourth-order valence-electron chi connectivity index (χ4n) is 2.22. The van der Waals surface area contributed by atoms with Crippen LogP contribution in [0, 0.1) is 0 Å². The van der Waals surface area contributed by atoms with Crippen LogP contribution in [0.2, 0.25) is 0 Å². The van der Waals surface area contributed by atoms with E-state index in [0.29, 0.717) is 0 Å². The van der Waals surface area contributed by atoms with Crippen LogP contribution in [-0.2, 0) is 0 Å². The number of carbonyl (C=O) groups excluding carboxylic acids is 1. The smallest absolute Gasteiger partial charge is 0.181 e. The van der Waals surface area contributed by atoms with Crippen LogP contribution < -0.4 is 5.32 Å². The van der Waals surface area contributed by atoms with E-state index in [1.54, 1.807) is 6.20 Å². The first kappa shape index (κ1) is 12.8. The molecule has 1 aromatic heterocycles. The molecule has 0 radical (unpaired) electrons. The van der Waals surface area contributed by atoms with Gasteiger partial charge >= 0.3 is 0 Å². The number of carbonyl (C=O) groups is 1. The largest absolute Gasteiger partial charge is 0.360 e. The van der Waals surface area contributed by atoms with Crippen LogP contribution in [0.15, 0.2) is 30.5 Å². The van der Waals surface area contributed by atoms with Crippen molar-refractivity contribution in [3.8, 4) is 0 Å². The van der Waals surface area contributed by atoms with Gasteiger partial charge in [-0.2, -0.15) is 0 Å². The molecular formula is C15H20N2O. The Bertz CT molecular complexity index is 563. The van der Waals surface area contributed by atoms with Gasteiger partial charge in [0.2, 0.25) is 0 Å². The van der Waals surface area contributed by atoms with Crippen molar-refractivity contribution in [1.82, 2.24) is 10.3 Å². The number of rotatable bonds is 3. The zero-order valence-electron chi connectivity index (χ0n) is 11.4. The molecule has 0 spiro atoms. The fourth-order valence-corrected chi connectivity index (χ4v) is 2.22. The van der Waals surface area contributed by atoms with Crippen LogP contribution >= 0.6 is 0 Å². The molecule has 0 aliphatic heterocycles.